The number of nitrogens with one attached hydrogen (secondary N) is 1. The van der Waals surface area contributed by atoms with Gasteiger partial charge in [-0.25, -0.2) is 0 Å². The monoisotopic (exact) mass is 168 g/mol. The number of nitrogens with zero attached hydrogens (tertiary/aromatic N) is 1. The second kappa shape index (κ2) is 3.36. The van der Waals surface area contributed by atoms with Crippen molar-refractivity contribution >= 4 is 11.5 Å². The molecule has 0 aliphatic carbocycles. The molecule has 0 aromatic rings. The number of carbonyl (C=O) groups is 1. The fourth-order valence-electron chi connectivity index (χ4n) is 0.424. The summed E-state index contributed by atoms with van der Waals surface area (Å²) in [6, 6.07) is 0. The smallest absolute Gasteiger partial charge is 0.313 e. The molecule has 0 unspecified atom stereocenters. The van der Waals surface area contributed by atoms with Crippen LogP contribution in [-0.4, -0.2) is 24.7 Å². The fourth-order valence-corrected chi connectivity index (χ4v) is 0.424. The van der Waals surface area contributed by atoms with Gasteiger partial charge < -0.3 is 5.43 Å². The Morgan fingerprint density at radius 2 is 1.91 bits per heavy atom. The Hall–Kier alpha value is -1.07. The average molecular weight is 168 g/mol. The third kappa shape index (κ3) is 3.01. The van der Waals surface area contributed by atoms with Crippen LogP contribution in [0.3, 0.4) is 0 Å². The van der Waals surface area contributed by atoms with Crippen molar-refractivity contribution in [3.63, 3.8) is 0 Å². The van der Waals surface area contributed by atoms with Crippen molar-refractivity contribution in [2.24, 2.45) is 5.10 Å². The van der Waals surface area contributed by atoms with Crippen LogP contribution in [-0.2, 0) is 4.79 Å². The number of rotatable bonds is 2. The molecule has 0 spiro atoms. The number of hydrogen-bond donors (Lipinski definition) is 1. The van der Waals surface area contributed by atoms with Gasteiger partial charge in [0.2, 0.25) is 0 Å². The Balaban J connectivity index is 4.39. The lowest BCUT2D eigenvalue weighted by Gasteiger charge is -2.02. The van der Waals surface area contributed by atoms with Crippen LogP contribution < -0.4 is 5.43 Å². The molecule has 0 aromatic heterocycles. The summed E-state index contributed by atoms with van der Waals surface area (Å²) >= 11 is 0. The highest BCUT2D eigenvalue weighted by Crippen LogP contribution is 2.16. The maximum atomic E-state index is 11.6. The summed E-state index contributed by atoms with van der Waals surface area (Å²) in [5.41, 5.74) is 1.49. The molecule has 1 N–H and O–H groups in total. The first-order valence-electron chi connectivity index (χ1n) is 2.72. The molecule has 11 heavy (non-hydrogen) atoms. The second-order valence-corrected chi connectivity index (χ2v) is 1.75. The molecule has 0 rings (SSSR count). The van der Waals surface area contributed by atoms with Crippen LogP contribution in [0.15, 0.2) is 5.10 Å². The lowest BCUT2D eigenvalue weighted by Crippen LogP contribution is -2.30. The maximum Gasteiger partial charge on any atom is 0.456 e. The minimum Gasteiger partial charge on any atom is -0.313 e. The van der Waals surface area contributed by atoms with Crippen molar-refractivity contribution in [1.82, 2.24) is 5.43 Å². The lowest BCUT2D eigenvalue weighted by atomic mass is 10.3. The van der Waals surface area contributed by atoms with Crippen LogP contribution in [0.25, 0.3) is 0 Å². The lowest BCUT2D eigenvalue weighted by molar-refractivity contribution is -0.163. The Labute approximate surface area is 61.3 Å². The van der Waals surface area contributed by atoms with Crippen molar-refractivity contribution in [3.05, 3.63) is 0 Å². The van der Waals surface area contributed by atoms with Gasteiger partial charge in [-0.1, -0.05) is 0 Å². The van der Waals surface area contributed by atoms with E-state index < -0.39 is 17.7 Å². The number of carbonyl (C=O) groups excluding carboxylic acids is 1. The number of ketones is 1. The van der Waals surface area contributed by atoms with E-state index in [9.17, 15) is 18.0 Å². The molecule has 0 amide bonds. The zero-order valence-electron chi connectivity index (χ0n) is 5.99. The van der Waals surface area contributed by atoms with Crippen LogP contribution in [0.2, 0.25) is 0 Å². The number of hydrogen-bond acceptors (Lipinski definition) is 3. The molecular weight excluding hydrogens is 161 g/mol. The largest absolute Gasteiger partial charge is 0.456 e. The van der Waals surface area contributed by atoms with E-state index in [0.29, 0.717) is 0 Å². The normalized spacial score (nSPS) is 13.0. The predicted octanol–water partition coefficient (Wildman–Crippen LogP) is 0.713. The van der Waals surface area contributed by atoms with Crippen LogP contribution in [0.1, 0.15) is 6.92 Å². The predicted molar refractivity (Wildman–Crippen MR) is 33.2 cm³/mol. The SMILES string of the molecule is CN/N=C(/C)C(=O)C(F)(F)F. The van der Waals surface area contributed by atoms with Crippen molar-refractivity contribution in [2.45, 2.75) is 13.1 Å². The average Bonchev–Trinajstić information content (AvgIpc) is 1.85. The van der Waals surface area contributed by atoms with E-state index in [1.54, 1.807) is 0 Å². The zero-order valence-corrected chi connectivity index (χ0v) is 5.99. The molecule has 0 radical (unpaired) electrons. The molecule has 0 aromatic carbocycles. The van der Waals surface area contributed by atoms with Crippen LogP contribution >= 0.6 is 0 Å². The summed E-state index contributed by atoms with van der Waals surface area (Å²) in [7, 11) is 1.31. The standard InChI is InChI=1S/C5H7F3N2O/c1-3(10-9-2)4(11)5(6,7)8/h9H,1-2H3/b10-3-. The van der Waals surface area contributed by atoms with Gasteiger partial charge in [-0.15, -0.1) is 0 Å². The maximum absolute atomic E-state index is 11.6. The zero-order chi connectivity index (χ0) is 9.07. The highest BCUT2D eigenvalue weighted by molar-refractivity contribution is 6.40. The Bertz CT molecular complexity index is 185. The van der Waals surface area contributed by atoms with E-state index >= 15 is 0 Å². The number of hydrazone groups is 1. The molecule has 0 saturated carbocycles. The van der Waals surface area contributed by atoms with E-state index in [0.717, 1.165) is 6.92 Å². The number of halogens is 3. The third-order valence-corrected chi connectivity index (χ3v) is 0.866. The van der Waals surface area contributed by atoms with Gasteiger partial charge in [0.05, 0.1) is 0 Å². The van der Waals surface area contributed by atoms with Crippen LogP contribution in [0.4, 0.5) is 13.2 Å². The van der Waals surface area contributed by atoms with Crippen molar-refractivity contribution in [1.29, 1.82) is 0 Å². The third-order valence-electron chi connectivity index (χ3n) is 0.866. The summed E-state index contributed by atoms with van der Waals surface area (Å²) in [6.07, 6.45) is -4.83. The van der Waals surface area contributed by atoms with Crippen LogP contribution in [0, 0.1) is 0 Å². The molecule has 0 heterocycles. The summed E-state index contributed by atoms with van der Waals surface area (Å²) in [4.78, 5) is 10.3. The van der Waals surface area contributed by atoms with Gasteiger partial charge >= 0.3 is 6.18 Å². The van der Waals surface area contributed by atoms with Gasteiger partial charge in [-0.3, -0.25) is 4.79 Å². The first-order chi connectivity index (χ1) is 4.89. The molecule has 0 saturated heterocycles. The first kappa shape index (κ1) is 9.93. The summed E-state index contributed by atoms with van der Waals surface area (Å²) in [5.74, 6) is -1.92. The summed E-state index contributed by atoms with van der Waals surface area (Å²) in [6.45, 7) is 0.992. The number of alkyl halides is 3. The quantitative estimate of drug-likeness (QED) is 0.487. The summed E-state index contributed by atoms with van der Waals surface area (Å²) < 4.78 is 34.7. The molecule has 0 fully saturated rings. The molecular formula is C5H7F3N2O. The molecule has 64 valence electrons. The van der Waals surface area contributed by atoms with E-state index in [2.05, 4.69) is 10.5 Å². The molecule has 0 aliphatic heterocycles. The van der Waals surface area contributed by atoms with Gasteiger partial charge in [0, 0.05) is 7.05 Å². The molecule has 0 bridgehead atoms. The van der Waals surface area contributed by atoms with E-state index in [1.165, 1.54) is 7.05 Å². The van der Waals surface area contributed by atoms with Gasteiger partial charge in [0.15, 0.2) is 0 Å². The Morgan fingerprint density at radius 3 is 2.18 bits per heavy atom. The van der Waals surface area contributed by atoms with Gasteiger partial charge in [0.25, 0.3) is 5.78 Å². The van der Waals surface area contributed by atoms with Gasteiger partial charge in [-0.2, -0.15) is 18.3 Å². The molecule has 6 heteroatoms. The van der Waals surface area contributed by atoms with Crippen molar-refractivity contribution in [2.75, 3.05) is 7.05 Å². The molecule has 3 nitrogen and oxygen atoms in total. The summed E-state index contributed by atoms with van der Waals surface area (Å²) in [5, 5.41) is 3.09. The van der Waals surface area contributed by atoms with Crippen LogP contribution in [0.5, 0.6) is 0 Å². The topological polar surface area (TPSA) is 41.5 Å². The van der Waals surface area contributed by atoms with E-state index in [1.807, 2.05) is 0 Å². The first-order valence-corrected chi connectivity index (χ1v) is 2.72. The van der Waals surface area contributed by atoms with E-state index in [4.69, 9.17) is 0 Å². The van der Waals surface area contributed by atoms with Gasteiger partial charge in [0.1, 0.15) is 5.71 Å². The Morgan fingerprint density at radius 1 is 1.45 bits per heavy atom. The van der Waals surface area contributed by atoms with Gasteiger partial charge in [-0.05, 0) is 6.92 Å². The highest BCUT2D eigenvalue weighted by Gasteiger charge is 2.40. The second-order valence-electron chi connectivity index (χ2n) is 1.75. The van der Waals surface area contributed by atoms with Crippen molar-refractivity contribution in [3.8, 4) is 0 Å². The minimum atomic E-state index is -4.83. The van der Waals surface area contributed by atoms with E-state index in [-0.39, 0.29) is 0 Å². The minimum absolute atomic E-state index is 0.597. The number of Topliss-reactive ketones (excluding diaryl/α,β-unsaturated/α-hetero) is 1. The molecule has 0 aliphatic rings. The highest BCUT2D eigenvalue weighted by atomic mass is 19.4. The Kier molecular flexibility index (Phi) is 3.03. The molecule has 0 atom stereocenters. The van der Waals surface area contributed by atoms with Crippen molar-refractivity contribution < 1.29 is 18.0 Å². The fraction of sp³-hybridized carbons (Fsp3) is 0.600.